The topological polar surface area (TPSA) is 104 Å². The number of halogens is 1. The number of benzene rings is 1. The summed E-state index contributed by atoms with van der Waals surface area (Å²) in [4.78, 5) is 26.6. The molecule has 2 aromatic rings. The molecule has 0 saturated heterocycles. The van der Waals surface area contributed by atoms with Gasteiger partial charge in [0, 0.05) is 21.4 Å². The zero-order chi connectivity index (χ0) is 15.4. The Balaban J connectivity index is 2.34. The fourth-order valence-corrected chi connectivity index (χ4v) is 2.08. The molecule has 0 saturated carbocycles. The van der Waals surface area contributed by atoms with Crippen molar-refractivity contribution in [3.8, 4) is 11.6 Å². The van der Waals surface area contributed by atoms with Crippen molar-refractivity contribution in [2.45, 2.75) is 0 Å². The van der Waals surface area contributed by atoms with Gasteiger partial charge in [0.25, 0.3) is 5.88 Å². The molecule has 0 radical (unpaired) electrons. The van der Waals surface area contributed by atoms with Gasteiger partial charge < -0.3 is 15.2 Å². The number of ether oxygens (including phenoxy) is 2. The highest BCUT2D eigenvalue weighted by molar-refractivity contribution is 9.10. The third-order valence-electron chi connectivity index (χ3n) is 2.59. The molecular weight excluding hydrogens is 342 g/mol. The summed E-state index contributed by atoms with van der Waals surface area (Å²) in [5, 5.41) is 3.50. The van der Waals surface area contributed by atoms with Crippen LogP contribution in [0.25, 0.3) is 10.8 Å². The minimum atomic E-state index is -0.965. The van der Waals surface area contributed by atoms with Gasteiger partial charge in [-0.05, 0) is 18.2 Å². The van der Waals surface area contributed by atoms with Crippen LogP contribution in [0, 0.1) is 0 Å². The summed E-state index contributed by atoms with van der Waals surface area (Å²) in [5.74, 6) is -0.381. The molecule has 0 unspecified atom stereocenters. The molecule has 2 rings (SSSR count). The molecular formula is C13H12BrN3O4. The first-order valence-electron chi connectivity index (χ1n) is 5.89. The summed E-state index contributed by atoms with van der Waals surface area (Å²) in [6.45, 7) is -0.314. The van der Waals surface area contributed by atoms with Crippen LogP contribution in [0.2, 0.25) is 0 Å². The molecule has 7 nitrogen and oxygen atoms in total. The Labute approximate surface area is 128 Å². The van der Waals surface area contributed by atoms with E-state index in [-0.39, 0.29) is 12.4 Å². The van der Waals surface area contributed by atoms with E-state index in [1.54, 1.807) is 6.07 Å². The summed E-state index contributed by atoms with van der Waals surface area (Å²) >= 11 is 3.36. The zero-order valence-electron chi connectivity index (χ0n) is 11.1. The molecule has 2 amide bonds. The van der Waals surface area contributed by atoms with Crippen molar-refractivity contribution < 1.29 is 19.1 Å². The normalized spacial score (nSPS) is 10.2. The minimum absolute atomic E-state index is 0.0327. The predicted molar refractivity (Wildman–Crippen MR) is 79.2 cm³/mol. The molecule has 0 bridgehead atoms. The van der Waals surface area contributed by atoms with Gasteiger partial charge in [-0.1, -0.05) is 15.9 Å². The van der Waals surface area contributed by atoms with Crippen LogP contribution in [-0.2, 0) is 4.79 Å². The number of nitrogens with one attached hydrogen (secondary N) is 1. The van der Waals surface area contributed by atoms with Crippen LogP contribution < -0.4 is 20.5 Å². The molecule has 8 heteroatoms. The fraction of sp³-hybridized carbons (Fsp3) is 0.154. The van der Waals surface area contributed by atoms with E-state index in [0.29, 0.717) is 5.75 Å². The standard InChI is InChI=1S/C13H12BrN3O4/c1-20-11-9-3-2-8(14)4-7(9)6-16-12(11)21-13(19)17-10(18)5-15/h2-4,6H,5,15H2,1H3,(H,17,18,19). The Morgan fingerprint density at radius 1 is 1.43 bits per heavy atom. The largest absolute Gasteiger partial charge is 0.491 e. The SMILES string of the molecule is COc1c(OC(=O)NC(=O)CN)ncc2cc(Br)ccc12. The number of rotatable bonds is 3. The van der Waals surface area contributed by atoms with Gasteiger partial charge in [0.1, 0.15) is 0 Å². The third-order valence-corrected chi connectivity index (χ3v) is 3.09. The zero-order valence-corrected chi connectivity index (χ0v) is 12.6. The number of carbonyl (C=O) groups excluding carboxylic acids is 2. The van der Waals surface area contributed by atoms with Gasteiger partial charge in [0.15, 0.2) is 5.75 Å². The average molecular weight is 354 g/mol. The van der Waals surface area contributed by atoms with Crippen molar-refractivity contribution in [1.29, 1.82) is 0 Å². The van der Waals surface area contributed by atoms with E-state index in [1.165, 1.54) is 13.3 Å². The Bertz CT molecular complexity index is 705. The summed E-state index contributed by atoms with van der Waals surface area (Å²) in [6.07, 6.45) is 0.573. The quantitative estimate of drug-likeness (QED) is 0.867. The van der Waals surface area contributed by atoms with Gasteiger partial charge in [0.05, 0.1) is 13.7 Å². The average Bonchev–Trinajstić information content (AvgIpc) is 2.46. The molecule has 0 aliphatic carbocycles. The number of aromatic nitrogens is 1. The Kier molecular flexibility index (Phi) is 4.71. The van der Waals surface area contributed by atoms with E-state index in [1.807, 2.05) is 17.4 Å². The van der Waals surface area contributed by atoms with Crippen molar-refractivity contribution in [2.24, 2.45) is 5.73 Å². The number of imide groups is 1. The summed E-state index contributed by atoms with van der Waals surface area (Å²) < 4.78 is 11.1. The second-order valence-electron chi connectivity index (χ2n) is 3.97. The maximum Gasteiger partial charge on any atom is 0.420 e. The number of carbonyl (C=O) groups is 2. The van der Waals surface area contributed by atoms with E-state index in [4.69, 9.17) is 15.2 Å². The predicted octanol–water partition coefficient (Wildman–Crippen LogP) is 1.58. The second-order valence-corrected chi connectivity index (χ2v) is 4.89. The van der Waals surface area contributed by atoms with Gasteiger partial charge in [-0.15, -0.1) is 0 Å². The Morgan fingerprint density at radius 2 is 2.19 bits per heavy atom. The maximum absolute atomic E-state index is 11.5. The highest BCUT2D eigenvalue weighted by atomic mass is 79.9. The van der Waals surface area contributed by atoms with E-state index >= 15 is 0 Å². The van der Waals surface area contributed by atoms with Gasteiger partial charge in [-0.3, -0.25) is 10.1 Å². The number of amides is 2. The van der Waals surface area contributed by atoms with Gasteiger partial charge >= 0.3 is 6.09 Å². The highest BCUT2D eigenvalue weighted by Gasteiger charge is 2.16. The molecule has 0 aliphatic heterocycles. The monoisotopic (exact) mass is 353 g/mol. The van der Waals surface area contributed by atoms with Crippen molar-refractivity contribution in [1.82, 2.24) is 10.3 Å². The highest BCUT2D eigenvalue weighted by Crippen LogP contribution is 2.34. The molecule has 0 fully saturated rings. The lowest BCUT2D eigenvalue weighted by Gasteiger charge is -2.11. The molecule has 1 aromatic carbocycles. The second kappa shape index (κ2) is 6.51. The first-order valence-corrected chi connectivity index (χ1v) is 6.68. The van der Waals surface area contributed by atoms with E-state index < -0.39 is 12.0 Å². The third kappa shape index (κ3) is 3.47. The van der Waals surface area contributed by atoms with Crippen LogP contribution in [-0.4, -0.2) is 30.6 Å². The van der Waals surface area contributed by atoms with Gasteiger partial charge in [0.2, 0.25) is 5.91 Å². The van der Waals surface area contributed by atoms with Crippen molar-refractivity contribution >= 4 is 38.7 Å². The number of nitrogens with zero attached hydrogens (tertiary/aromatic N) is 1. The molecule has 0 atom stereocenters. The molecule has 0 spiro atoms. The van der Waals surface area contributed by atoms with Crippen LogP contribution >= 0.6 is 15.9 Å². The molecule has 110 valence electrons. The number of fused-ring (bicyclic) bond motifs is 1. The number of hydrogen-bond donors (Lipinski definition) is 2. The fourth-order valence-electron chi connectivity index (χ4n) is 1.70. The summed E-state index contributed by atoms with van der Waals surface area (Å²) in [7, 11) is 1.44. The number of hydrogen-bond acceptors (Lipinski definition) is 6. The summed E-state index contributed by atoms with van der Waals surface area (Å²) in [6, 6.07) is 5.48. The van der Waals surface area contributed by atoms with E-state index in [9.17, 15) is 9.59 Å². The van der Waals surface area contributed by atoms with Crippen LogP contribution in [0.5, 0.6) is 11.6 Å². The van der Waals surface area contributed by atoms with E-state index in [2.05, 4.69) is 20.9 Å². The minimum Gasteiger partial charge on any atom is -0.491 e. The Hall–Kier alpha value is -2.19. The lowest BCUT2D eigenvalue weighted by Crippen LogP contribution is -2.37. The molecule has 3 N–H and O–H groups in total. The smallest absolute Gasteiger partial charge is 0.420 e. The van der Waals surface area contributed by atoms with Gasteiger partial charge in [-0.25, -0.2) is 9.78 Å². The van der Waals surface area contributed by atoms with Crippen LogP contribution in [0.3, 0.4) is 0 Å². The number of nitrogens with two attached hydrogens (primary N) is 1. The first-order chi connectivity index (χ1) is 10.0. The molecule has 1 aromatic heterocycles. The number of methoxy groups -OCH3 is 1. The van der Waals surface area contributed by atoms with Crippen LogP contribution in [0.1, 0.15) is 0 Å². The lowest BCUT2D eigenvalue weighted by atomic mass is 10.1. The molecule has 21 heavy (non-hydrogen) atoms. The van der Waals surface area contributed by atoms with Crippen LogP contribution in [0.15, 0.2) is 28.9 Å². The first kappa shape index (κ1) is 15.2. The van der Waals surface area contributed by atoms with Crippen molar-refractivity contribution in [3.63, 3.8) is 0 Å². The molecule has 1 heterocycles. The van der Waals surface area contributed by atoms with Gasteiger partial charge in [-0.2, -0.15) is 0 Å². The van der Waals surface area contributed by atoms with Crippen LogP contribution in [0.4, 0.5) is 4.79 Å². The van der Waals surface area contributed by atoms with Crippen molar-refractivity contribution in [3.05, 3.63) is 28.9 Å². The molecule has 0 aliphatic rings. The van der Waals surface area contributed by atoms with E-state index in [0.717, 1.165) is 15.2 Å². The number of pyridine rings is 1. The maximum atomic E-state index is 11.5. The summed E-state index contributed by atoms with van der Waals surface area (Å²) in [5.41, 5.74) is 5.09. The van der Waals surface area contributed by atoms with Crippen molar-refractivity contribution in [2.75, 3.05) is 13.7 Å². The lowest BCUT2D eigenvalue weighted by molar-refractivity contribution is -0.118. The Morgan fingerprint density at radius 3 is 2.86 bits per heavy atom.